The number of nitrogens with one attached hydrogen (secondary N) is 2. The highest BCUT2D eigenvalue weighted by Gasteiger charge is 2.32. The van der Waals surface area contributed by atoms with Crippen LogP contribution in [0.5, 0.6) is 0 Å². The van der Waals surface area contributed by atoms with Crippen molar-refractivity contribution in [3.63, 3.8) is 0 Å². The Kier molecular flexibility index (Phi) is 7.60. The van der Waals surface area contributed by atoms with Crippen molar-refractivity contribution in [1.29, 1.82) is 0 Å². The molecule has 3 atom stereocenters. The lowest BCUT2D eigenvalue weighted by atomic mass is 9.99. The quantitative estimate of drug-likeness (QED) is 0.501. The number of aliphatic hydroxyl groups excluding tert-OH is 1. The Morgan fingerprint density at radius 2 is 1.81 bits per heavy atom. The molecule has 5 N–H and O–H groups in total. The fraction of sp³-hybridized carbons (Fsp3) is 0.600. The predicted molar refractivity (Wildman–Crippen MR) is 101 cm³/mol. The summed E-state index contributed by atoms with van der Waals surface area (Å²) in [6, 6.07) is 8.28. The van der Waals surface area contributed by atoms with Crippen LogP contribution in [-0.4, -0.2) is 41.2 Å². The third kappa shape index (κ3) is 6.77. The van der Waals surface area contributed by atoms with Gasteiger partial charge in [0, 0.05) is 6.04 Å². The molecule has 0 aromatic heterocycles. The maximum absolute atomic E-state index is 12.4. The number of nitrogens with two attached hydrogens (primary N) is 1. The zero-order chi connectivity index (χ0) is 19.1. The Morgan fingerprint density at radius 1 is 1.15 bits per heavy atom. The highest BCUT2D eigenvalue weighted by Crippen LogP contribution is 2.19. The number of aliphatic hydroxyl groups is 1. The number of rotatable bonds is 10. The summed E-state index contributed by atoms with van der Waals surface area (Å²) in [7, 11) is 0. The molecule has 0 aliphatic heterocycles. The van der Waals surface area contributed by atoms with Crippen molar-refractivity contribution in [2.75, 3.05) is 0 Å². The Balaban J connectivity index is 2.01. The Morgan fingerprint density at radius 3 is 2.38 bits per heavy atom. The fourth-order valence-electron chi connectivity index (χ4n) is 2.74. The van der Waals surface area contributed by atoms with Crippen LogP contribution in [0.4, 0.5) is 0 Å². The van der Waals surface area contributed by atoms with E-state index in [0.29, 0.717) is 18.8 Å². The molecule has 6 nitrogen and oxygen atoms in total. The van der Waals surface area contributed by atoms with Crippen LogP contribution in [0.1, 0.15) is 45.1 Å². The van der Waals surface area contributed by atoms with Crippen LogP contribution in [-0.2, 0) is 16.0 Å². The summed E-state index contributed by atoms with van der Waals surface area (Å²) >= 11 is 0. The van der Waals surface area contributed by atoms with Crippen LogP contribution in [0.2, 0.25) is 0 Å². The second kappa shape index (κ2) is 9.69. The lowest BCUT2D eigenvalue weighted by molar-refractivity contribution is -0.132. The smallest absolute Gasteiger partial charge is 0.251 e. The van der Waals surface area contributed by atoms with Crippen molar-refractivity contribution in [3.05, 3.63) is 35.9 Å². The molecule has 144 valence electrons. The lowest BCUT2D eigenvalue weighted by Gasteiger charge is -2.25. The molecule has 1 saturated carbocycles. The molecule has 1 aliphatic rings. The molecule has 0 radical (unpaired) electrons. The van der Waals surface area contributed by atoms with Crippen molar-refractivity contribution in [3.8, 4) is 0 Å². The van der Waals surface area contributed by atoms with E-state index in [9.17, 15) is 14.7 Å². The first kappa shape index (κ1) is 20.4. The van der Waals surface area contributed by atoms with Crippen LogP contribution >= 0.6 is 0 Å². The maximum atomic E-state index is 12.4. The Bertz CT molecular complexity index is 587. The van der Waals surface area contributed by atoms with Crippen LogP contribution in [0.15, 0.2) is 30.3 Å². The van der Waals surface area contributed by atoms with E-state index >= 15 is 0 Å². The Hall–Kier alpha value is -1.92. The van der Waals surface area contributed by atoms with E-state index in [1.54, 1.807) is 0 Å². The molecule has 0 saturated heterocycles. The highest BCUT2D eigenvalue weighted by atomic mass is 16.3. The van der Waals surface area contributed by atoms with Gasteiger partial charge in [-0.15, -0.1) is 0 Å². The maximum Gasteiger partial charge on any atom is 0.251 e. The van der Waals surface area contributed by atoms with Crippen LogP contribution in [0.3, 0.4) is 0 Å². The minimum Gasteiger partial charge on any atom is -0.381 e. The Labute approximate surface area is 155 Å². The highest BCUT2D eigenvalue weighted by molar-refractivity contribution is 5.85. The number of carbonyl (C=O) groups is 2. The van der Waals surface area contributed by atoms with Gasteiger partial charge in [0.15, 0.2) is 6.10 Å². The molecule has 0 bridgehead atoms. The van der Waals surface area contributed by atoms with Gasteiger partial charge in [-0.05, 0) is 43.6 Å². The van der Waals surface area contributed by atoms with E-state index < -0.39 is 24.1 Å². The van der Waals surface area contributed by atoms with E-state index in [1.807, 2.05) is 30.3 Å². The first-order valence-corrected chi connectivity index (χ1v) is 9.45. The number of amides is 2. The summed E-state index contributed by atoms with van der Waals surface area (Å²) in [4.78, 5) is 24.7. The molecule has 0 spiro atoms. The van der Waals surface area contributed by atoms with E-state index in [2.05, 4.69) is 24.5 Å². The van der Waals surface area contributed by atoms with Gasteiger partial charge < -0.3 is 21.5 Å². The summed E-state index contributed by atoms with van der Waals surface area (Å²) < 4.78 is 0. The molecule has 1 aliphatic carbocycles. The van der Waals surface area contributed by atoms with Crippen molar-refractivity contribution in [2.24, 2.45) is 11.7 Å². The van der Waals surface area contributed by atoms with E-state index in [4.69, 9.17) is 5.73 Å². The van der Waals surface area contributed by atoms with Crippen LogP contribution in [0, 0.1) is 5.92 Å². The molecule has 0 heterocycles. The van der Waals surface area contributed by atoms with Crippen LogP contribution in [0.25, 0.3) is 0 Å². The summed E-state index contributed by atoms with van der Waals surface area (Å²) in [6.07, 6.45) is 2.36. The molecule has 2 rings (SSSR count). The fourth-order valence-corrected chi connectivity index (χ4v) is 2.74. The zero-order valence-electron chi connectivity index (χ0n) is 15.7. The summed E-state index contributed by atoms with van der Waals surface area (Å²) in [5.74, 6) is -0.307. The normalized spacial score (nSPS) is 17.4. The molecular formula is C20H31N3O3. The largest absolute Gasteiger partial charge is 0.381 e. The SMILES string of the molecule is CC(C)CC[C@H](N)C(=O)N[C@@H](Cc1ccccc1)C(O)C(=O)NC1CC1. The number of carbonyl (C=O) groups excluding carboxylic acids is 2. The van der Waals surface area contributed by atoms with Gasteiger partial charge in [0.1, 0.15) is 0 Å². The number of hydrogen-bond donors (Lipinski definition) is 4. The van der Waals surface area contributed by atoms with Gasteiger partial charge in [0.05, 0.1) is 12.1 Å². The summed E-state index contributed by atoms with van der Waals surface area (Å²) in [6.45, 7) is 4.16. The molecule has 1 aromatic carbocycles. The lowest BCUT2D eigenvalue weighted by Crippen LogP contribution is -2.55. The van der Waals surface area contributed by atoms with Gasteiger partial charge in [-0.2, -0.15) is 0 Å². The van der Waals surface area contributed by atoms with E-state index in [-0.39, 0.29) is 11.9 Å². The first-order valence-electron chi connectivity index (χ1n) is 9.45. The molecule has 26 heavy (non-hydrogen) atoms. The standard InChI is InChI=1S/C20H31N3O3/c1-13(2)8-11-16(21)19(25)23-17(12-14-6-4-3-5-7-14)18(24)20(26)22-15-9-10-15/h3-7,13,15-18,24H,8-12,21H2,1-2H3,(H,22,26)(H,23,25)/t16-,17-,18?/m0/s1. The van der Waals surface area contributed by atoms with Crippen LogP contribution < -0.4 is 16.4 Å². The van der Waals surface area contributed by atoms with E-state index in [1.165, 1.54) is 0 Å². The number of hydrogen-bond acceptors (Lipinski definition) is 4. The summed E-state index contributed by atoms with van der Waals surface area (Å²) in [5, 5.41) is 16.1. The predicted octanol–water partition coefficient (Wildman–Crippen LogP) is 1.12. The van der Waals surface area contributed by atoms with E-state index in [0.717, 1.165) is 24.8 Å². The van der Waals surface area contributed by atoms with Crippen molar-refractivity contribution in [1.82, 2.24) is 10.6 Å². The molecule has 1 aromatic rings. The second-order valence-electron chi connectivity index (χ2n) is 7.61. The topological polar surface area (TPSA) is 104 Å². The second-order valence-corrected chi connectivity index (χ2v) is 7.61. The van der Waals surface area contributed by atoms with Gasteiger partial charge in [-0.3, -0.25) is 9.59 Å². The first-order chi connectivity index (χ1) is 12.4. The third-order valence-corrected chi connectivity index (χ3v) is 4.59. The minimum absolute atomic E-state index is 0.151. The molecular weight excluding hydrogens is 330 g/mol. The zero-order valence-corrected chi connectivity index (χ0v) is 15.7. The minimum atomic E-state index is -1.31. The van der Waals surface area contributed by atoms with Crippen molar-refractivity contribution in [2.45, 2.75) is 70.2 Å². The van der Waals surface area contributed by atoms with Gasteiger partial charge in [0.25, 0.3) is 5.91 Å². The van der Waals surface area contributed by atoms with Gasteiger partial charge >= 0.3 is 0 Å². The number of benzene rings is 1. The molecule has 1 unspecified atom stereocenters. The van der Waals surface area contributed by atoms with Gasteiger partial charge in [-0.1, -0.05) is 44.2 Å². The van der Waals surface area contributed by atoms with Gasteiger partial charge in [0.2, 0.25) is 5.91 Å². The molecule has 6 heteroatoms. The summed E-state index contributed by atoms with van der Waals surface area (Å²) in [5.41, 5.74) is 6.92. The monoisotopic (exact) mass is 361 g/mol. The average Bonchev–Trinajstić information content (AvgIpc) is 3.43. The van der Waals surface area contributed by atoms with Crippen molar-refractivity contribution >= 4 is 11.8 Å². The molecule has 1 fully saturated rings. The third-order valence-electron chi connectivity index (χ3n) is 4.59. The molecule has 2 amide bonds. The van der Waals surface area contributed by atoms with Crippen molar-refractivity contribution < 1.29 is 14.7 Å². The van der Waals surface area contributed by atoms with Gasteiger partial charge in [-0.25, -0.2) is 0 Å². The average molecular weight is 361 g/mol.